The molecule has 5 rings (SSSR count). The lowest BCUT2D eigenvalue weighted by Gasteiger charge is -2.39. The maximum atomic E-state index is 14.0. The molecule has 6 N–H and O–H groups in total. The van der Waals surface area contributed by atoms with Gasteiger partial charge in [0.05, 0.1) is 24.0 Å². The van der Waals surface area contributed by atoms with Gasteiger partial charge in [0.15, 0.2) is 11.6 Å². The van der Waals surface area contributed by atoms with Gasteiger partial charge in [-0.2, -0.15) is 0 Å². The molecule has 0 bridgehead atoms. The fourth-order valence-corrected chi connectivity index (χ4v) is 5.43. The minimum absolute atomic E-state index is 0.180. The van der Waals surface area contributed by atoms with E-state index in [4.69, 9.17) is 0 Å². The first-order valence-corrected chi connectivity index (χ1v) is 14.3. The van der Waals surface area contributed by atoms with Crippen LogP contribution >= 0.6 is 0 Å². The molecule has 0 saturated heterocycles. The number of hydrogen-bond donors (Lipinski definition) is 6. The number of aryl methyl sites for hydroxylation is 2. The van der Waals surface area contributed by atoms with Crippen molar-refractivity contribution in [2.75, 3.05) is 10.6 Å². The predicted octanol–water partition coefficient (Wildman–Crippen LogP) is 4.51. The number of nitrogens with one attached hydrogen (secondary N) is 4. The average molecular weight is 567 g/mol. The summed E-state index contributed by atoms with van der Waals surface area (Å²) in [7, 11) is 0. The molecule has 42 heavy (non-hydrogen) atoms. The third-order valence-electron chi connectivity index (χ3n) is 7.83. The van der Waals surface area contributed by atoms with Crippen LogP contribution in [0.5, 0.6) is 0 Å². The first kappa shape index (κ1) is 29.1. The molecule has 3 aromatic carbocycles. The van der Waals surface area contributed by atoms with E-state index in [1.54, 1.807) is 50.3 Å². The predicted molar refractivity (Wildman–Crippen MR) is 165 cm³/mol. The molecule has 0 amide bonds. The van der Waals surface area contributed by atoms with E-state index >= 15 is 0 Å². The van der Waals surface area contributed by atoms with E-state index < -0.39 is 36.4 Å². The highest BCUT2D eigenvalue weighted by Crippen LogP contribution is 2.40. The molecule has 0 saturated carbocycles. The summed E-state index contributed by atoms with van der Waals surface area (Å²) in [5, 5.41) is 34.6. The lowest BCUT2D eigenvalue weighted by molar-refractivity contribution is 0.0763. The topological polar surface area (TPSA) is 123 Å². The molecule has 0 fully saturated rings. The molecule has 6 unspecified atom stereocenters. The van der Waals surface area contributed by atoms with Gasteiger partial charge in [0.2, 0.25) is 0 Å². The fourth-order valence-electron chi connectivity index (χ4n) is 5.43. The highest BCUT2D eigenvalue weighted by molar-refractivity contribution is 6.18. The number of hydrogen-bond acceptors (Lipinski definition) is 8. The van der Waals surface area contributed by atoms with Crippen LogP contribution in [0.25, 0.3) is 0 Å². The van der Waals surface area contributed by atoms with Crippen LogP contribution in [0.4, 0.5) is 11.4 Å². The Morgan fingerprint density at radius 3 is 1.26 bits per heavy atom. The van der Waals surface area contributed by atoms with Gasteiger partial charge in [0.25, 0.3) is 0 Å². The van der Waals surface area contributed by atoms with Gasteiger partial charge in [-0.05, 0) is 64.1 Å². The Morgan fingerprint density at radius 2 is 0.929 bits per heavy atom. The molecule has 0 aromatic heterocycles. The number of rotatable bonds is 10. The molecule has 2 aliphatic carbocycles. The van der Waals surface area contributed by atoms with Gasteiger partial charge in [0.1, 0.15) is 12.3 Å². The number of aliphatic hydroxyl groups is 2. The lowest BCUT2D eigenvalue weighted by Crippen LogP contribution is -2.53. The smallest absolute Gasteiger partial charge is 0.173 e. The van der Waals surface area contributed by atoms with Crippen molar-refractivity contribution in [3.8, 4) is 0 Å². The van der Waals surface area contributed by atoms with E-state index in [-0.39, 0.29) is 11.6 Å². The van der Waals surface area contributed by atoms with Crippen molar-refractivity contribution in [1.82, 2.24) is 10.6 Å². The van der Waals surface area contributed by atoms with Crippen LogP contribution in [-0.2, 0) is 0 Å². The van der Waals surface area contributed by atoms with E-state index in [9.17, 15) is 19.8 Å². The van der Waals surface area contributed by atoms with Crippen molar-refractivity contribution in [1.29, 1.82) is 0 Å². The lowest BCUT2D eigenvalue weighted by atomic mass is 9.69. The van der Waals surface area contributed by atoms with Crippen LogP contribution in [0, 0.1) is 25.7 Å². The normalized spacial score (nSPS) is 20.6. The Morgan fingerprint density at radius 1 is 0.571 bits per heavy atom. The molecule has 3 aromatic rings. The van der Waals surface area contributed by atoms with E-state index in [0.717, 1.165) is 22.5 Å². The summed E-state index contributed by atoms with van der Waals surface area (Å²) in [6, 6.07) is 22.5. The molecule has 218 valence electrons. The molecule has 0 spiro atoms. The number of fused-ring (bicyclic) bond motifs is 2. The summed E-state index contributed by atoms with van der Waals surface area (Å²) >= 11 is 0. The Labute approximate surface area is 246 Å². The Bertz CT molecular complexity index is 1390. The first-order chi connectivity index (χ1) is 20.1. The minimum atomic E-state index is -0.838. The zero-order chi connectivity index (χ0) is 30.0. The minimum Gasteiger partial charge on any atom is -0.389 e. The second-order valence-corrected chi connectivity index (χ2v) is 11.2. The maximum Gasteiger partial charge on any atom is 0.173 e. The van der Waals surface area contributed by atoms with Gasteiger partial charge in [-0.1, -0.05) is 59.7 Å². The van der Waals surface area contributed by atoms with Gasteiger partial charge in [-0.3, -0.25) is 9.59 Å². The highest BCUT2D eigenvalue weighted by Gasteiger charge is 2.47. The molecule has 0 radical (unpaired) electrons. The molecule has 8 nitrogen and oxygen atoms in total. The standard InChI is InChI=1S/C34H38N4O4/c1-19-9-13-23(14-10-19)35-33(21(3)39)37-27-17-18-28(38-34(22(4)40)36-24-15-11-20(2)12-16-24)30-29(27)31(41)25-7-5-6-8-26(25)32(30)42/h5-18,21-22,29-30,33-40H,1-4H3. The monoisotopic (exact) mass is 566 g/mol. The maximum absolute atomic E-state index is 14.0. The third kappa shape index (κ3) is 6.10. The summed E-state index contributed by atoms with van der Waals surface area (Å²) in [6.45, 7) is 7.33. The van der Waals surface area contributed by atoms with Crippen molar-refractivity contribution in [3.63, 3.8) is 0 Å². The number of benzene rings is 3. The Kier molecular flexibility index (Phi) is 8.47. The Hall–Kier alpha value is -4.40. The van der Waals surface area contributed by atoms with Gasteiger partial charge < -0.3 is 31.5 Å². The summed E-state index contributed by atoms with van der Waals surface area (Å²) in [5.41, 5.74) is 5.66. The summed E-state index contributed by atoms with van der Waals surface area (Å²) < 4.78 is 0. The van der Waals surface area contributed by atoms with E-state index in [1.807, 2.05) is 62.4 Å². The molecular weight excluding hydrogens is 528 g/mol. The second kappa shape index (κ2) is 12.2. The van der Waals surface area contributed by atoms with Gasteiger partial charge in [0, 0.05) is 33.9 Å². The number of allylic oxidation sites excluding steroid dienone is 4. The highest BCUT2D eigenvalue weighted by atomic mass is 16.3. The molecule has 8 heteroatoms. The van der Waals surface area contributed by atoms with Crippen molar-refractivity contribution in [3.05, 3.63) is 119 Å². The first-order valence-electron chi connectivity index (χ1n) is 14.3. The second-order valence-electron chi connectivity index (χ2n) is 11.2. The zero-order valence-corrected chi connectivity index (χ0v) is 24.3. The van der Waals surface area contributed by atoms with E-state index in [2.05, 4.69) is 21.3 Å². The van der Waals surface area contributed by atoms with Gasteiger partial charge in [-0.25, -0.2) is 0 Å². The van der Waals surface area contributed by atoms with Crippen LogP contribution < -0.4 is 21.3 Å². The van der Waals surface area contributed by atoms with E-state index in [1.165, 1.54) is 0 Å². The molecule has 6 atom stereocenters. The third-order valence-corrected chi connectivity index (χ3v) is 7.83. The average Bonchev–Trinajstić information content (AvgIpc) is 2.97. The number of anilines is 2. The largest absolute Gasteiger partial charge is 0.389 e. The van der Waals surface area contributed by atoms with Crippen molar-refractivity contribution < 1.29 is 19.8 Å². The quantitative estimate of drug-likeness (QED) is 0.198. The van der Waals surface area contributed by atoms with Crippen molar-refractivity contribution in [2.24, 2.45) is 11.8 Å². The van der Waals surface area contributed by atoms with E-state index in [0.29, 0.717) is 22.5 Å². The number of carbonyl (C=O) groups is 2. The number of Topliss-reactive ketones (excluding diaryl/α,β-unsaturated/α-hetero) is 2. The Balaban J connectivity index is 1.49. The fraction of sp³-hybridized carbons (Fsp3) is 0.294. The summed E-state index contributed by atoms with van der Waals surface area (Å²) in [5.74, 6) is -2.03. The van der Waals surface area contributed by atoms with Crippen LogP contribution in [0.15, 0.2) is 96.3 Å². The number of aliphatic hydroxyl groups excluding tert-OH is 2. The molecule has 0 heterocycles. The molecule has 2 aliphatic rings. The van der Waals surface area contributed by atoms with Crippen LogP contribution in [0.2, 0.25) is 0 Å². The summed E-state index contributed by atoms with van der Waals surface area (Å²) in [4.78, 5) is 28.0. The van der Waals surface area contributed by atoms with Crippen LogP contribution in [0.1, 0.15) is 45.7 Å². The number of carbonyl (C=O) groups excluding carboxylic acids is 2. The SMILES string of the molecule is Cc1ccc(NC(NC2=CC=C(NC(Nc3ccc(C)cc3)C(C)O)C3C(=O)c4ccccc4C(=O)C23)C(C)O)cc1. The zero-order valence-electron chi connectivity index (χ0n) is 24.3. The molecule has 0 aliphatic heterocycles. The molecular formula is C34H38N4O4. The van der Waals surface area contributed by atoms with Crippen molar-refractivity contribution in [2.45, 2.75) is 52.2 Å². The van der Waals surface area contributed by atoms with Crippen LogP contribution in [0.3, 0.4) is 0 Å². The summed E-state index contributed by atoms with van der Waals surface area (Å²) in [6.07, 6.45) is 0.648. The van der Waals surface area contributed by atoms with Crippen LogP contribution in [-0.4, -0.2) is 46.3 Å². The van der Waals surface area contributed by atoms with Gasteiger partial charge >= 0.3 is 0 Å². The number of ketones is 2. The van der Waals surface area contributed by atoms with Gasteiger partial charge in [-0.15, -0.1) is 0 Å². The van der Waals surface area contributed by atoms with Crippen molar-refractivity contribution >= 4 is 22.9 Å².